The van der Waals surface area contributed by atoms with E-state index in [0.29, 0.717) is 0 Å². The molecule has 1 aliphatic carbocycles. The van der Waals surface area contributed by atoms with Crippen LogP contribution < -0.4 is 61.6 Å². The van der Waals surface area contributed by atoms with Gasteiger partial charge in [0, 0.05) is 6.20 Å². The van der Waals surface area contributed by atoms with Crippen LogP contribution in [-0.2, 0) is 0 Å². The second kappa shape index (κ2) is 8.17. The zero-order valence-corrected chi connectivity index (χ0v) is 15.1. The van der Waals surface area contributed by atoms with Crippen molar-refractivity contribution in [1.29, 1.82) is 0 Å². The number of halogens is 3. The molecule has 106 valence electrons. The molecule has 1 fully saturated rings. The van der Waals surface area contributed by atoms with Crippen LogP contribution in [-0.4, -0.2) is 18.1 Å². The van der Waals surface area contributed by atoms with Gasteiger partial charge in [-0.15, -0.1) is 0 Å². The summed E-state index contributed by atoms with van der Waals surface area (Å²) in [5.74, 6) is 0.972. The number of pyridine rings is 1. The summed E-state index contributed by atoms with van der Waals surface area (Å²) in [6.07, 6.45) is 7.42. The summed E-state index contributed by atoms with van der Waals surface area (Å²) >= 11 is 0. The van der Waals surface area contributed by atoms with E-state index in [9.17, 15) is 12.9 Å². The Balaban J connectivity index is 0.00000200. The minimum atomic E-state index is -5.01. The van der Waals surface area contributed by atoms with E-state index in [1.165, 1.54) is 12.6 Å². The minimum absolute atomic E-state index is 0. The summed E-state index contributed by atoms with van der Waals surface area (Å²) in [5, 5.41) is 0. The van der Waals surface area contributed by atoms with E-state index in [4.69, 9.17) is 4.74 Å². The van der Waals surface area contributed by atoms with Crippen molar-refractivity contribution in [2.45, 2.75) is 45.1 Å². The molecule has 2 rings (SSSR count). The van der Waals surface area contributed by atoms with Crippen LogP contribution in [0.1, 0.15) is 39.0 Å². The van der Waals surface area contributed by atoms with Gasteiger partial charge in [0.2, 0.25) is 0 Å². The first-order valence-corrected chi connectivity index (χ1v) is 6.80. The first-order valence-electron chi connectivity index (χ1n) is 6.80. The van der Waals surface area contributed by atoms with E-state index in [0.717, 1.165) is 43.9 Å². The Bertz CT molecular complexity index is 422. The summed E-state index contributed by atoms with van der Waals surface area (Å²) in [7, 11) is 0. The fraction of sp³-hybridized carbons (Fsp3) is 0.615. The summed E-state index contributed by atoms with van der Waals surface area (Å²) in [6, 6.07) is 1.05. The Kier molecular flexibility index (Phi) is 7.56. The summed E-state index contributed by atoms with van der Waals surface area (Å²) < 4.78 is 43.5. The molecule has 0 aromatic carbocycles. The fourth-order valence-corrected chi connectivity index (χ4v) is 2.53. The topological polar surface area (TPSA) is 22.1 Å². The SMILES string of the molecule is CCC1CCC(Oc2cncc([B-](F)(F)F)c2)CC1.[K+]. The molecule has 2 nitrogen and oxygen atoms in total. The molecule has 1 saturated carbocycles. The van der Waals surface area contributed by atoms with Crippen LogP contribution in [0.5, 0.6) is 5.75 Å². The Morgan fingerprint density at radius 2 is 1.85 bits per heavy atom. The van der Waals surface area contributed by atoms with Crippen molar-refractivity contribution in [3.63, 3.8) is 0 Å². The van der Waals surface area contributed by atoms with Gasteiger partial charge in [-0.05, 0) is 37.7 Å². The number of ether oxygens (including phenoxy) is 1. The third-order valence-corrected chi connectivity index (χ3v) is 3.79. The average molecular weight is 311 g/mol. The standard InChI is InChI=1S/C13H18BF3NO.K/c1-2-10-3-5-12(6-4-10)19-13-7-11(8-18-9-13)14(15,16)17;/h7-10,12H,2-6H2,1H3;/q-1;+1. The zero-order chi connectivity index (χ0) is 13.9. The minimum Gasteiger partial charge on any atom is -0.489 e. The monoisotopic (exact) mass is 311 g/mol. The summed E-state index contributed by atoms with van der Waals surface area (Å²) in [6.45, 7) is -2.84. The number of hydrogen-bond acceptors (Lipinski definition) is 2. The number of hydrogen-bond donors (Lipinski definition) is 0. The van der Waals surface area contributed by atoms with Crippen LogP contribution in [0, 0.1) is 5.92 Å². The van der Waals surface area contributed by atoms with Crippen molar-refractivity contribution in [2.75, 3.05) is 0 Å². The van der Waals surface area contributed by atoms with Crippen molar-refractivity contribution in [2.24, 2.45) is 5.92 Å². The number of nitrogens with zero attached hydrogens (tertiary/aromatic N) is 1. The van der Waals surface area contributed by atoms with Gasteiger partial charge in [0.1, 0.15) is 5.75 Å². The first kappa shape index (κ1) is 18.5. The van der Waals surface area contributed by atoms with Crippen molar-refractivity contribution in [1.82, 2.24) is 4.98 Å². The molecule has 0 aliphatic heterocycles. The molecular formula is C13H18BF3KNO. The van der Waals surface area contributed by atoms with Crippen LogP contribution in [0.15, 0.2) is 18.5 Å². The maximum Gasteiger partial charge on any atom is 1.00 e. The van der Waals surface area contributed by atoms with E-state index < -0.39 is 12.4 Å². The van der Waals surface area contributed by atoms with Gasteiger partial charge >= 0.3 is 58.4 Å². The zero-order valence-electron chi connectivity index (χ0n) is 12.0. The molecular weight excluding hydrogens is 293 g/mol. The van der Waals surface area contributed by atoms with Gasteiger partial charge < -0.3 is 17.7 Å². The molecule has 0 unspecified atom stereocenters. The van der Waals surface area contributed by atoms with Gasteiger partial charge in [-0.2, -0.15) is 0 Å². The predicted molar refractivity (Wildman–Crippen MR) is 69.6 cm³/mol. The molecule has 1 aromatic heterocycles. The third kappa shape index (κ3) is 5.33. The molecule has 1 heterocycles. The number of aromatic nitrogens is 1. The van der Waals surface area contributed by atoms with Gasteiger partial charge in [0.25, 0.3) is 0 Å². The molecule has 0 radical (unpaired) electrons. The second-order valence-electron chi connectivity index (χ2n) is 5.20. The first-order chi connectivity index (χ1) is 8.99. The maximum absolute atomic E-state index is 12.6. The normalized spacial score (nSPS) is 23.0. The fourth-order valence-electron chi connectivity index (χ4n) is 2.53. The van der Waals surface area contributed by atoms with Crippen molar-refractivity contribution < 1.29 is 69.1 Å². The van der Waals surface area contributed by atoms with E-state index in [2.05, 4.69) is 11.9 Å². The molecule has 0 bridgehead atoms. The van der Waals surface area contributed by atoms with Crippen molar-refractivity contribution >= 4 is 12.4 Å². The molecule has 1 aromatic rings. The molecule has 0 atom stereocenters. The smallest absolute Gasteiger partial charge is 0.489 e. The van der Waals surface area contributed by atoms with Gasteiger partial charge in [0.05, 0.1) is 12.3 Å². The van der Waals surface area contributed by atoms with Crippen LogP contribution in [0.25, 0.3) is 0 Å². The van der Waals surface area contributed by atoms with Crippen LogP contribution in [0.3, 0.4) is 0 Å². The molecule has 7 heteroatoms. The molecule has 1 aliphatic rings. The quantitative estimate of drug-likeness (QED) is 0.755. The Morgan fingerprint density at radius 1 is 1.20 bits per heavy atom. The van der Waals surface area contributed by atoms with Gasteiger partial charge in [-0.1, -0.05) is 18.8 Å². The number of rotatable bonds is 4. The van der Waals surface area contributed by atoms with Crippen LogP contribution in [0.4, 0.5) is 12.9 Å². The Labute approximate surface area is 160 Å². The predicted octanol–water partition coefficient (Wildman–Crippen LogP) is 0.488. The van der Waals surface area contributed by atoms with E-state index in [-0.39, 0.29) is 63.2 Å². The molecule has 0 saturated heterocycles. The molecule has 20 heavy (non-hydrogen) atoms. The molecule has 0 amide bonds. The van der Waals surface area contributed by atoms with Gasteiger partial charge in [0.15, 0.2) is 0 Å². The van der Waals surface area contributed by atoms with Crippen LogP contribution >= 0.6 is 0 Å². The average Bonchev–Trinajstić information content (AvgIpc) is 2.39. The second-order valence-corrected chi connectivity index (χ2v) is 5.20. The maximum atomic E-state index is 12.6. The Hall–Kier alpha value is 0.441. The van der Waals surface area contributed by atoms with Gasteiger partial charge in [-0.25, -0.2) is 0 Å². The Morgan fingerprint density at radius 3 is 2.40 bits per heavy atom. The van der Waals surface area contributed by atoms with Crippen molar-refractivity contribution in [3.05, 3.63) is 18.5 Å². The third-order valence-electron chi connectivity index (χ3n) is 3.79. The van der Waals surface area contributed by atoms with Crippen LogP contribution in [0.2, 0.25) is 0 Å². The molecule has 0 spiro atoms. The summed E-state index contributed by atoms with van der Waals surface area (Å²) in [4.78, 5) is 3.62. The molecule has 0 N–H and O–H groups in total. The van der Waals surface area contributed by atoms with Crippen molar-refractivity contribution in [3.8, 4) is 5.75 Å². The largest absolute Gasteiger partial charge is 1.00 e. The van der Waals surface area contributed by atoms with Gasteiger partial charge in [-0.3, -0.25) is 4.98 Å². The summed E-state index contributed by atoms with van der Waals surface area (Å²) in [5.41, 5.74) is -0.695. The van der Waals surface area contributed by atoms with E-state index in [1.54, 1.807) is 0 Å². The van der Waals surface area contributed by atoms with E-state index >= 15 is 0 Å². The van der Waals surface area contributed by atoms with E-state index in [1.807, 2.05) is 0 Å².